The summed E-state index contributed by atoms with van der Waals surface area (Å²) in [4.78, 5) is 30.6. The lowest BCUT2D eigenvalue weighted by molar-refractivity contribution is -0.112. The van der Waals surface area contributed by atoms with Crippen LogP contribution in [-0.4, -0.2) is 31.1 Å². The summed E-state index contributed by atoms with van der Waals surface area (Å²) < 4.78 is 16.4. The average molecular weight is 542 g/mol. The number of amides is 1. The molecule has 2 heterocycles. The highest BCUT2D eigenvalue weighted by atomic mass is 32.1. The highest BCUT2D eigenvalue weighted by Gasteiger charge is 2.21. The number of anilines is 1. The second-order valence-corrected chi connectivity index (χ2v) is 9.94. The molecule has 0 aliphatic heterocycles. The molecule has 0 saturated carbocycles. The van der Waals surface area contributed by atoms with Gasteiger partial charge in [0.2, 0.25) is 0 Å². The van der Waals surface area contributed by atoms with E-state index in [-0.39, 0.29) is 23.7 Å². The first-order chi connectivity index (χ1) is 18.8. The summed E-state index contributed by atoms with van der Waals surface area (Å²) in [5.41, 5.74) is 2.22. The number of nitrogens with one attached hydrogen (secondary N) is 1. The van der Waals surface area contributed by atoms with Crippen molar-refractivity contribution in [3.8, 4) is 17.6 Å². The third-order valence-electron chi connectivity index (χ3n) is 5.91. The van der Waals surface area contributed by atoms with Gasteiger partial charge in [0.15, 0.2) is 0 Å². The summed E-state index contributed by atoms with van der Waals surface area (Å²) in [6.45, 7) is 4.16. The second kappa shape index (κ2) is 12.2. The fourth-order valence-electron chi connectivity index (χ4n) is 3.88. The van der Waals surface area contributed by atoms with Gasteiger partial charge in [0, 0.05) is 22.0 Å². The summed E-state index contributed by atoms with van der Waals surface area (Å²) in [5, 5.41) is 13.8. The van der Waals surface area contributed by atoms with Crippen molar-refractivity contribution in [3.05, 3.63) is 87.9 Å². The maximum atomic E-state index is 13.0. The van der Waals surface area contributed by atoms with Crippen molar-refractivity contribution in [1.29, 1.82) is 5.26 Å². The van der Waals surface area contributed by atoms with Gasteiger partial charge in [-0.2, -0.15) is 5.26 Å². The highest BCUT2D eigenvalue weighted by molar-refractivity contribution is 7.16. The molecule has 0 saturated heterocycles. The van der Waals surface area contributed by atoms with E-state index in [0.717, 1.165) is 21.3 Å². The predicted molar refractivity (Wildman–Crippen MR) is 151 cm³/mol. The summed E-state index contributed by atoms with van der Waals surface area (Å²) in [6.07, 6.45) is 3.19. The number of fused-ring (bicyclic) bond motifs is 1. The standard InChI is InChI=1S/C30H27N3O5S/c1-18(2)26-15-23(30(35)37-4)29(39-26)33-28(34)21(16-31)13-19-10-11-24(36-3)22(14-19)17-38-25-9-5-7-20-8-6-12-32-27(20)25/h5-15,18H,17H2,1-4H3,(H,33,34)/b21-13+. The molecule has 1 amide bonds. The van der Waals surface area contributed by atoms with Crippen molar-refractivity contribution in [1.82, 2.24) is 4.98 Å². The van der Waals surface area contributed by atoms with Gasteiger partial charge in [-0.15, -0.1) is 11.3 Å². The Morgan fingerprint density at radius 2 is 1.90 bits per heavy atom. The number of carbonyl (C=O) groups excluding carboxylic acids is 2. The number of methoxy groups -OCH3 is 2. The quantitative estimate of drug-likeness (QED) is 0.150. The van der Waals surface area contributed by atoms with Gasteiger partial charge in [-0.25, -0.2) is 4.79 Å². The Balaban J connectivity index is 1.58. The lowest BCUT2D eigenvalue weighted by Gasteiger charge is -2.12. The molecule has 0 bridgehead atoms. The average Bonchev–Trinajstić information content (AvgIpc) is 3.38. The van der Waals surface area contributed by atoms with Crippen molar-refractivity contribution < 1.29 is 23.8 Å². The number of thiophene rings is 1. The van der Waals surface area contributed by atoms with Gasteiger partial charge in [-0.1, -0.05) is 38.1 Å². The molecule has 0 aliphatic rings. The Labute approximate surface area is 230 Å². The van der Waals surface area contributed by atoms with Crippen LogP contribution in [0.3, 0.4) is 0 Å². The van der Waals surface area contributed by atoms with Crippen LogP contribution in [-0.2, 0) is 16.1 Å². The van der Waals surface area contributed by atoms with Crippen LogP contribution >= 0.6 is 11.3 Å². The van der Waals surface area contributed by atoms with Gasteiger partial charge < -0.3 is 19.5 Å². The van der Waals surface area contributed by atoms with Gasteiger partial charge >= 0.3 is 5.97 Å². The van der Waals surface area contributed by atoms with Gasteiger partial charge in [-0.05, 0) is 47.9 Å². The van der Waals surface area contributed by atoms with E-state index in [1.807, 2.05) is 50.2 Å². The van der Waals surface area contributed by atoms with Crippen LogP contribution in [0.15, 0.2) is 66.4 Å². The first-order valence-electron chi connectivity index (χ1n) is 12.1. The van der Waals surface area contributed by atoms with Gasteiger partial charge in [0.1, 0.15) is 40.3 Å². The lowest BCUT2D eigenvalue weighted by atomic mass is 10.1. The van der Waals surface area contributed by atoms with Gasteiger partial charge in [-0.3, -0.25) is 9.78 Å². The summed E-state index contributed by atoms with van der Waals surface area (Å²) in [6, 6.07) is 18.5. The summed E-state index contributed by atoms with van der Waals surface area (Å²) >= 11 is 1.28. The first-order valence-corrected chi connectivity index (χ1v) is 12.9. The third kappa shape index (κ3) is 6.25. The van der Waals surface area contributed by atoms with E-state index in [9.17, 15) is 14.9 Å². The third-order valence-corrected chi connectivity index (χ3v) is 7.26. The molecule has 198 valence electrons. The molecule has 0 unspecified atom stereocenters. The SMILES string of the molecule is COC(=O)c1cc(C(C)C)sc1NC(=O)/C(C#N)=C/c1ccc(OC)c(COc2cccc3cccnc23)c1. The monoisotopic (exact) mass is 541 g/mol. The molecule has 9 heteroatoms. The maximum Gasteiger partial charge on any atom is 0.340 e. The van der Waals surface area contributed by atoms with Crippen LogP contribution in [0.25, 0.3) is 17.0 Å². The second-order valence-electron chi connectivity index (χ2n) is 8.85. The normalized spacial score (nSPS) is 11.2. The molecule has 1 N–H and O–H groups in total. The van der Waals surface area contributed by atoms with Crippen molar-refractivity contribution >= 4 is 45.2 Å². The minimum atomic E-state index is -0.629. The Bertz CT molecular complexity index is 1590. The molecule has 4 aromatic rings. The van der Waals surface area contributed by atoms with Crippen molar-refractivity contribution in [2.75, 3.05) is 19.5 Å². The van der Waals surface area contributed by atoms with E-state index in [2.05, 4.69) is 10.3 Å². The topological polar surface area (TPSA) is 111 Å². The Kier molecular flexibility index (Phi) is 8.59. The van der Waals surface area contributed by atoms with Crippen molar-refractivity contribution in [3.63, 3.8) is 0 Å². The molecule has 8 nitrogen and oxygen atoms in total. The zero-order valence-corrected chi connectivity index (χ0v) is 22.8. The number of rotatable bonds is 9. The Hall–Kier alpha value is -4.68. The molecule has 0 atom stereocenters. The Morgan fingerprint density at radius 1 is 1.10 bits per heavy atom. The first kappa shape index (κ1) is 27.4. The molecular formula is C30H27N3O5S. The van der Waals surface area contributed by atoms with Crippen LogP contribution < -0.4 is 14.8 Å². The zero-order chi connectivity index (χ0) is 27.9. The number of ether oxygens (including phenoxy) is 3. The highest BCUT2D eigenvalue weighted by Crippen LogP contribution is 2.34. The fraction of sp³-hybridized carbons (Fsp3) is 0.200. The lowest BCUT2D eigenvalue weighted by Crippen LogP contribution is -2.15. The number of pyridine rings is 1. The molecule has 39 heavy (non-hydrogen) atoms. The predicted octanol–water partition coefficient (Wildman–Crippen LogP) is 6.34. The van der Waals surface area contributed by atoms with E-state index >= 15 is 0 Å². The number of nitrogens with zero attached hydrogens (tertiary/aromatic N) is 2. The van der Waals surface area contributed by atoms with Crippen LogP contribution in [0.1, 0.15) is 46.1 Å². The number of nitriles is 1. The number of hydrogen-bond acceptors (Lipinski definition) is 8. The molecule has 0 aliphatic carbocycles. The van der Waals surface area contributed by atoms with Crippen molar-refractivity contribution in [2.24, 2.45) is 0 Å². The van der Waals surface area contributed by atoms with E-state index in [4.69, 9.17) is 14.2 Å². The van der Waals surface area contributed by atoms with E-state index in [0.29, 0.717) is 22.1 Å². The van der Waals surface area contributed by atoms with Crippen LogP contribution in [0.5, 0.6) is 11.5 Å². The van der Waals surface area contributed by atoms with E-state index < -0.39 is 11.9 Å². The van der Waals surface area contributed by atoms with E-state index in [1.165, 1.54) is 24.5 Å². The van der Waals surface area contributed by atoms with Crippen LogP contribution in [0, 0.1) is 11.3 Å². The zero-order valence-electron chi connectivity index (χ0n) is 22.0. The molecule has 2 aromatic heterocycles. The van der Waals surface area contributed by atoms with Gasteiger partial charge in [0.25, 0.3) is 5.91 Å². The number of carbonyl (C=O) groups is 2. The number of hydrogen-bond donors (Lipinski definition) is 1. The van der Waals surface area contributed by atoms with E-state index in [1.54, 1.807) is 37.6 Å². The van der Waals surface area contributed by atoms with Gasteiger partial charge in [0.05, 0.1) is 19.8 Å². The van der Waals surface area contributed by atoms with Crippen molar-refractivity contribution in [2.45, 2.75) is 26.4 Å². The summed E-state index contributed by atoms with van der Waals surface area (Å²) in [5.74, 6) is 0.198. The molecular weight excluding hydrogens is 514 g/mol. The minimum absolute atomic E-state index is 0.124. The molecule has 0 spiro atoms. The number of esters is 1. The molecule has 4 rings (SSSR count). The number of benzene rings is 2. The van der Waals surface area contributed by atoms with Crippen LogP contribution in [0.4, 0.5) is 5.00 Å². The van der Waals surface area contributed by atoms with Crippen LogP contribution in [0.2, 0.25) is 0 Å². The molecule has 2 aromatic carbocycles. The molecule has 0 fully saturated rings. The molecule has 0 radical (unpaired) electrons. The number of para-hydroxylation sites is 1. The smallest absolute Gasteiger partial charge is 0.340 e. The minimum Gasteiger partial charge on any atom is -0.496 e. The Morgan fingerprint density at radius 3 is 2.62 bits per heavy atom. The summed E-state index contributed by atoms with van der Waals surface area (Å²) in [7, 11) is 2.84. The largest absolute Gasteiger partial charge is 0.496 e. The maximum absolute atomic E-state index is 13.0. The number of aromatic nitrogens is 1. The fourth-order valence-corrected chi connectivity index (χ4v) is 4.93.